The standard InChI is InChI=1S/C14H13BrFNO3/c1-8-3-4-9(20-8)7-17(2)11-6-5-10(14(18)19)12(15)13(11)16/h3-6H,7H2,1-2H3,(H,18,19). The third kappa shape index (κ3) is 2.85. The molecule has 1 aromatic heterocycles. The molecule has 1 aromatic carbocycles. The van der Waals surface area contributed by atoms with E-state index in [4.69, 9.17) is 9.52 Å². The third-order valence-electron chi connectivity index (χ3n) is 2.89. The third-order valence-corrected chi connectivity index (χ3v) is 3.67. The van der Waals surface area contributed by atoms with Crippen LogP contribution in [0.4, 0.5) is 10.1 Å². The Morgan fingerprint density at radius 1 is 1.40 bits per heavy atom. The van der Waals surface area contributed by atoms with E-state index in [-0.39, 0.29) is 10.0 Å². The number of aryl methyl sites for hydroxylation is 1. The number of hydrogen-bond donors (Lipinski definition) is 1. The molecule has 1 N–H and O–H groups in total. The molecule has 20 heavy (non-hydrogen) atoms. The first-order valence-electron chi connectivity index (χ1n) is 5.88. The minimum absolute atomic E-state index is 0.0509. The lowest BCUT2D eigenvalue weighted by Crippen LogP contribution is -2.18. The Morgan fingerprint density at radius 2 is 2.10 bits per heavy atom. The van der Waals surface area contributed by atoms with E-state index in [1.807, 2.05) is 19.1 Å². The first kappa shape index (κ1) is 14.6. The highest BCUT2D eigenvalue weighted by atomic mass is 79.9. The van der Waals surface area contributed by atoms with Crippen molar-refractivity contribution in [1.29, 1.82) is 0 Å². The monoisotopic (exact) mass is 341 g/mol. The highest BCUT2D eigenvalue weighted by molar-refractivity contribution is 9.10. The molecular formula is C14H13BrFNO3. The van der Waals surface area contributed by atoms with Gasteiger partial charge in [0.1, 0.15) is 11.5 Å². The van der Waals surface area contributed by atoms with Crippen LogP contribution in [-0.4, -0.2) is 18.1 Å². The number of carboxylic acids is 1. The molecule has 1 heterocycles. The van der Waals surface area contributed by atoms with Gasteiger partial charge in [-0.15, -0.1) is 0 Å². The number of halogens is 2. The summed E-state index contributed by atoms with van der Waals surface area (Å²) in [6, 6.07) is 6.47. The van der Waals surface area contributed by atoms with Crippen molar-refractivity contribution in [2.75, 3.05) is 11.9 Å². The van der Waals surface area contributed by atoms with Crippen LogP contribution in [0.25, 0.3) is 0 Å². The second kappa shape index (κ2) is 5.66. The Balaban J connectivity index is 2.28. The fraction of sp³-hybridized carbons (Fsp3) is 0.214. The zero-order valence-corrected chi connectivity index (χ0v) is 12.6. The predicted molar refractivity (Wildman–Crippen MR) is 76.6 cm³/mol. The fourth-order valence-corrected chi connectivity index (χ4v) is 2.39. The van der Waals surface area contributed by atoms with Gasteiger partial charge in [0, 0.05) is 7.05 Å². The Bertz CT molecular complexity index is 654. The first-order chi connectivity index (χ1) is 9.40. The summed E-state index contributed by atoms with van der Waals surface area (Å²) in [5, 5.41) is 8.93. The van der Waals surface area contributed by atoms with E-state index in [0.29, 0.717) is 18.0 Å². The van der Waals surface area contributed by atoms with Crippen molar-refractivity contribution < 1.29 is 18.7 Å². The zero-order valence-electron chi connectivity index (χ0n) is 11.0. The van der Waals surface area contributed by atoms with Crippen LogP contribution >= 0.6 is 15.9 Å². The molecule has 0 atom stereocenters. The molecule has 0 bridgehead atoms. The summed E-state index contributed by atoms with van der Waals surface area (Å²) in [7, 11) is 1.71. The summed E-state index contributed by atoms with van der Waals surface area (Å²) in [5.41, 5.74) is 0.199. The maximum atomic E-state index is 14.2. The van der Waals surface area contributed by atoms with Crippen molar-refractivity contribution >= 4 is 27.6 Å². The van der Waals surface area contributed by atoms with Crippen LogP contribution < -0.4 is 4.90 Å². The maximum absolute atomic E-state index is 14.2. The number of carboxylic acid groups (broad SMARTS) is 1. The van der Waals surface area contributed by atoms with Crippen LogP contribution in [0.1, 0.15) is 21.9 Å². The van der Waals surface area contributed by atoms with Crippen molar-refractivity contribution in [1.82, 2.24) is 0 Å². The fourth-order valence-electron chi connectivity index (χ4n) is 1.89. The van der Waals surface area contributed by atoms with Gasteiger partial charge in [0.2, 0.25) is 0 Å². The molecule has 106 valence electrons. The van der Waals surface area contributed by atoms with Gasteiger partial charge in [-0.3, -0.25) is 0 Å². The van der Waals surface area contributed by atoms with E-state index < -0.39 is 11.8 Å². The van der Waals surface area contributed by atoms with E-state index >= 15 is 0 Å². The number of nitrogens with zero attached hydrogens (tertiary/aromatic N) is 1. The highest BCUT2D eigenvalue weighted by Gasteiger charge is 2.18. The lowest BCUT2D eigenvalue weighted by Gasteiger charge is -2.19. The lowest BCUT2D eigenvalue weighted by molar-refractivity contribution is 0.0695. The lowest BCUT2D eigenvalue weighted by atomic mass is 10.2. The van der Waals surface area contributed by atoms with Gasteiger partial charge >= 0.3 is 5.97 Å². The van der Waals surface area contributed by atoms with Crippen LogP contribution in [0, 0.1) is 12.7 Å². The molecule has 0 unspecified atom stereocenters. The largest absolute Gasteiger partial charge is 0.478 e. The summed E-state index contributed by atoms with van der Waals surface area (Å²) in [4.78, 5) is 12.6. The highest BCUT2D eigenvalue weighted by Crippen LogP contribution is 2.29. The second-order valence-electron chi connectivity index (χ2n) is 4.43. The van der Waals surface area contributed by atoms with Gasteiger partial charge in [-0.2, -0.15) is 0 Å². The Hall–Kier alpha value is -1.82. The van der Waals surface area contributed by atoms with E-state index in [1.165, 1.54) is 12.1 Å². The summed E-state index contributed by atoms with van der Waals surface area (Å²) in [6.07, 6.45) is 0. The molecule has 2 rings (SSSR count). The second-order valence-corrected chi connectivity index (χ2v) is 5.23. The van der Waals surface area contributed by atoms with E-state index in [9.17, 15) is 9.18 Å². The molecule has 0 saturated carbocycles. The molecule has 0 radical (unpaired) electrons. The Labute approximate surface area is 123 Å². The van der Waals surface area contributed by atoms with E-state index in [2.05, 4.69) is 15.9 Å². The van der Waals surface area contributed by atoms with Crippen molar-refractivity contribution in [3.05, 3.63) is 51.6 Å². The van der Waals surface area contributed by atoms with Crippen LogP contribution in [0.2, 0.25) is 0 Å². The average molecular weight is 342 g/mol. The van der Waals surface area contributed by atoms with Gasteiger partial charge in [0.05, 0.1) is 22.3 Å². The number of carbonyl (C=O) groups is 1. The number of aromatic carboxylic acids is 1. The molecule has 0 amide bonds. The molecule has 4 nitrogen and oxygen atoms in total. The predicted octanol–water partition coefficient (Wildman–Crippen LogP) is 3.82. The quantitative estimate of drug-likeness (QED) is 0.918. The Morgan fingerprint density at radius 3 is 2.65 bits per heavy atom. The van der Waals surface area contributed by atoms with E-state index in [1.54, 1.807) is 11.9 Å². The summed E-state index contributed by atoms with van der Waals surface area (Å²) >= 11 is 2.98. The number of furan rings is 1. The average Bonchev–Trinajstić information content (AvgIpc) is 2.77. The topological polar surface area (TPSA) is 53.7 Å². The summed E-state index contributed by atoms with van der Waals surface area (Å²) in [5.74, 6) is -0.276. The molecule has 0 spiro atoms. The van der Waals surface area contributed by atoms with Gasteiger partial charge in [-0.25, -0.2) is 9.18 Å². The molecule has 2 aromatic rings. The molecule has 0 aliphatic heterocycles. The SMILES string of the molecule is Cc1ccc(CN(C)c2ccc(C(=O)O)c(Br)c2F)o1. The van der Waals surface area contributed by atoms with Crippen molar-refractivity contribution in [2.45, 2.75) is 13.5 Å². The van der Waals surface area contributed by atoms with Crippen LogP contribution in [0.5, 0.6) is 0 Å². The van der Waals surface area contributed by atoms with Gasteiger partial charge in [0.25, 0.3) is 0 Å². The van der Waals surface area contributed by atoms with Crippen LogP contribution in [-0.2, 0) is 6.54 Å². The zero-order chi connectivity index (χ0) is 14.9. The normalized spacial score (nSPS) is 10.6. The van der Waals surface area contributed by atoms with Crippen molar-refractivity contribution in [3.8, 4) is 0 Å². The van der Waals surface area contributed by atoms with Crippen molar-refractivity contribution in [3.63, 3.8) is 0 Å². The Kier molecular flexibility index (Phi) is 4.13. The summed E-state index contributed by atoms with van der Waals surface area (Å²) in [6.45, 7) is 2.23. The molecule has 0 aliphatic carbocycles. The number of benzene rings is 1. The smallest absolute Gasteiger partial charge is 0.336 e. The molecule has 0 fully saturated rings. The molecule has 6 heteroatoms. The molecular weight excluding hydrogens is 329 g/mol. The first-order valence-corrected chi connectivity index (χ1v) is 6.67. The van der Waals surface area contributed by atoms with Gasteiger partial charge < -0.3 is 14.4 Å². The maximum Gasteiger partial charge on any atom is 0.336 e. The van der Waals surface area contributed by atoms with Gasteiger partial charge in [-0.1, -0.05) is 0 Å². The minimum Gasteiger partial charge on any atom is -0.478 e. The summed E-state index contributed by atoms with van der Waals surface area (Å²) < 4.78 is 19.6. The van der Waals surface area contributed by atoms with Gasteiger partial charge in [-0.05, 0) is 47.1 Å². The number of anilines is 1. The number of hydrogen-bond acceptors (Lipinski definition) is 3. The van der Waals surface area contributed by atoms with Crippen LogP contribution in [0.15, 0.2) is 33.2 Å². The van der Waals surface area contributed by atoms with Crippen LogP contribution in [0.3, 0.4) is 0 Å². The number of rotatable bonds is 4. The molecule has 0 aliphatic rings. The van der Waals surface area contributed by atoms with Gasteiger partial charge in [0.15, 0.2) is 5.82 Å². The minimum atomic E-state index is -1.17. The molecule has 0 saturated heterocycles. The van der Waals surface area contributed by atoms with Crippen molar-refractivity contribution in [2.24, 2.45) is 0 Å². The van der Waals surface area contributed by atoms with E-state index in [0.717, 1.165) is 5.76 Å².